The SMILES string of the molecule is CC(C)C1=NCC(C2CC2)=C1.CC(C)c1ccc(C2=CCN(C3COC3)CC2)cn1.CC(C)c1ccc(C2C(=O)N(C)CCN2C)cc1.CC(C)c1ccc(N2CCN(C3COC3)CC2(C)C)cn1.CC(C)c1ccc(N2CCN(C3COC3)CC2)nc1.CC(C)c1cccc(N2CCN(C)CC2)n1.CC(C)c1ccncn1.CC(C)c1cnccn1.Cc1cc(C(C)C)n[nH]1. The van der Waals surface area contributed by atoms with Crippen LogP contribution in [-0.4, -0.2) is 280 Å². The number of likely N-dealkylation sites (N-methyl/N-ethyl adjacent to an activating group) is 3. The second-order valence-corrected chi connectivity index (χ2v) is 40.3. The van der Waals surface area contributed by atoms with Gasteiger partial charge in [0.05, 0.1) is 87.6 Å². The van der Waals surface area contributed by atoms with Crippen molar-refractivity contribution in [2.24, 2.45) is 16.8 Å². The van der Waals surface area contributed by atoms with Crippen LogP contribution in [0.25, 0.3) is 5.57 Å². The predicted molar refractivity (Wildman–Crippen MR) is 539 cm³/mol. The van der Waals surface area contributed by atoms with Crippen LogP contribution in [0.4, 0.5) is 17.3 Å². The number of hydrogen-bond acceptors (Lipinski definition) is 22. The molecule has 9 aliphatic heterocycles. The van der Waals surface area contributed by atoms with Gasteiger partial charge in [0.1, 0.15) is 24.0 Å². The maximum atomic E-state index is 12.2. The molecule has 24 heteroatoms. The maximum Gasteiger partial charge on any atom is 0.244 e. The summed E-state index contributed by atoms with van der Waals surface area (Å²) < 4.78 is 15.9. The standard InChI is InChI=1S/C17H27N3O.C16H22N2O.C15H23N3O.C15H22N2O.C13H21N3.C10H15N.C7H12N2.2C7H10N2/c1-13(2)16-6-5-14(9-18-16)20-8-7-19(12-17(20,3)4)15-10-21-11-15;1-12(2)16-4-3-14(9-17-16)13-5-7-18(8-6-13)15-10-19-11-15;1-12(2)13-3-4-15(16-9-13)18-7-5-17(6-8-18)14-10-19-11-14;1-11(2)12-5-7-13(8-6-12)14-15(18)17(4)10-9-16(14)3;1-11(2)12-5-4-6-13(14-12)16-9-7-15(3)8-10-16;1-7(2)10-5-9(6-11-10)8-3-4-8;1-5(2)7-4-6(3)8-9-7;1-6(2)7-5-8-3-4-9-7;1-6(2)7-3-4-8-5-9-7/h5-6,9,13,15H,7-8,10-12H2,1-4H3;3-5,9,12,15H,6-8,10-11H2,1-2H3;3-4,9,12,14H,5-8,10-11H2,1-2H3;5-8,11,14H,9-10H2,1-4H3;4-6,11H,7-10H2,1-3H3;5,7-8H,3-4,6H2,1-2H3;4-5H,1-3H3,(H,8,9);2*3-6H,1-2H3. The van der Waals surface area contributed by atoms with Gasteiger partial charge in [0.25, 0.3) is 0 Å². The molecule has 8 aromatic rings. The third-order valence-corrected chi connectivity index (χ3v) is 26.2. The summed E-state index contributed by atoms with van der Waals surface area (Å²) in [6.45, 7) is 68.2. The molecule has 7 aromatic heterocycles. The molecule has 714 valence electrons. The minimum absolute atomic E-state index is 0.120. The minimum Gasteiger partial charge on any atom is -0.378 e. The molecule has 1 amide bonds. The van der Waals surface area contributed by atoms with Crippen molar-refractivity contribution in [2.45, 2.75) is 242 Å². The number of allylic oxidation sites excluding steroid dienone is 1. The summed E-state index contributed by atoms with van der Waals surface area (Å²) in [5.41, 5.74) is 18.7. The summed E-state index contributed by atoms with van der Waals surface area (Å²) >= 11 is 0. The van der Waals surface area contributed by atoms with Crippen molar-refractivity contribution >= 4 is 34.5 Å². The first kappa shape index (κ1) is 104. The number of amides is 1. The Morgan fingerprint density at radius 1 is 0.466 bits per heavy atom. The van der Waals surface area contributed by atoms with Gasteiger partial charge < -0.3 is 38.7 Å². The number of nitrogens with one attached hydrogen (secondary N) is 1. The molecule has 24 nitrogen and oxygen atoms in total. The average molecular weight is 1790 g/mol. The van der Waals surface area contributed by atoms with E-state index in [2.05, 4.69) is 332 Å². The molecule has 18 rings (SSSR count). The molecule has 16 heterocycles. The van der Waals surface area contributed by atoms with Crippen molar-refractivity contribution in [1.29, 1.82) is 0 Å². The van der Waals surface area contributed by atoms with Crippen LogP contribution in [-0.2, 0) is 19.0 Å². The number of piperazine rings is 4. The number of hydrogen-bond donors (Lipinski definition) is 1. The van der Waals surface area contributed by atoms with Gasteiger partial charge >= 0.3 is 0 Å². The molecule has 1 aromatic carbocycles. The quantitative estimate of drug-likeness (QED) is 0.0844. The van der Waals surface area contributed by atoms with Gasteiger partial charge in [-0.1, -0.05) is 173 Å². The van der Waals surface area contributed by atoms with Crippen molar-refractivity contribution < 1.29 is 19.0 Å². The first-order valence-electron chi connectivity index (χ1n) is 49.0. The Hall–Kier alpha value is -9.11. The van der Waals surface area contributed by atoms with E-state index in [0.29, 0.717) is 71.4 Å². The predicted octanol–water partition coefficient (Wildman–Crippen LogP) is 18.6. The first-order valence-corrected chi connectivity index (χ1v) is 49.0. The molecule has 1 atom stereocenters. The lowest BCUT2D eigenvalue weighted by Gasteiger charge is -2.51. The van der Waals surface area contributed by atoms with E-state index in [1.807, 2.05) is 50.6 Å². The number of aryl methyl sites for hydroxylation is 1. The van der Waals surface area contributed by atoms with Crippen LogP contribution in [0, 0.1) is 18.8 Å². The zero-order valence-electron chi connectivity index (χ0n) is 84.3. The number of rotatable bonds is 18. The number of benzene rings is 1. The van der Waals surface area contributed by atoms with Crippen LogP contribution < -0.4 is 14.7 Å². The average Bonchev–Trinajstić information content (AvgIpc) is 1.30. The number of pyridine rings is 4. The second kappa shape index (κ2) is 51.4. The number of aromatic amines is 1. The summed E-state index contributed by atoms with van der Waals surface area (Å²) in [5, 5.41) is 6.99. The summed E-state index contributed by atoms with van der Waals surface area (Å²) in [4.78, 5) is 72.4. The third-order valence-electron chi connectivity index (χ3n) is 26.2. The van der Waals surface area contributed by atoms with Crippen LogP contribution in [0.1, 0.15) is 273 Å². The molecule has 1 aliphatic carbocycles. The molecule has 10 aliphatic rings. The molecular weight excluding hydrogens is 1630 g/mol. The van der Waals surface area contributed by atoms with Gasteiger partial charge in [0, 0.05) is 182 Å². The Labute approximate surface area is 787 Å². The first-order chi connectivity index (χ1) is 62.7. The molecule has 1 saturated carbocycles. The van der Waals surface area contributed by atoms with E-state index < -0.39 is 0 Å². The Kier molecular flexibility index (Phi) is 40.8. The van der Waals surface area contributed by atoms with E-state index in [1.165, 1.54) is 63.6 Å². The molecule has 8 fully saturated rings. The van der Waals surface area contributed by atoms with Crippen molar-refractivity contribution in [3.63, 3.8) is 0 Å². The Balaban J connectivity index is 0.000000155. The van der Waals surface area contributed by atoms with Gasteiger partial charge in [-0.25, -0.2) is 19.9 Å². The smallest absolute Gasteiger partial charge is 0.244 e. The Bertz CT molecular complexity index is 4670. The van der Waals surface area contributed by atoms with E-state index in [9.17, 15) is 4.79 Å². The molecule has 1 N–H and O–H groups in total. The molecule has 1 unspecified atom stereocenters. The second-order valence-electron chi connectivity index (χ2n) is 40.3. The van der Waals surface area contributed by atoms with Crippen molar-refractivity contribution in [2.75, 3.05) is 180 Å². The summed E-state index contributed by atoms with van der Waals surface area (Å²) in [6, 6.07) is 33.8. The fourth-order valence-electron chi connectivity index (χ4n) is 16.5. The van der Waals surface area contributed by atoms with Gasteiger partial charge in [-0.05, 0) is 201 Å². The summed E-state index contributed by atoms with van der Waals surface area (Å²) in [5.74, 6) is 8.09. The molecule has 131 heavy (non-hydrogen) atoms. The molecule has 0 radical (unpaired) electrons. The normalized spacial score (nSPS) is 19.3. The molecule has 7 saturated heterocycles. The van der Waals surface area contributed by atoms with Gasteiger partial charge in [-0.3, -0.25) is 54.4 Å². The van der Waals surface area contributed by atoms with Crippen LogP contribution >= 0.6 is 0 Å². The highest BCUT2D eigenvalue weighted by molar-refractivity contribution is 5.99. The number of carbonyl (C=O) groups is 1. The van der Waals surface area contributed by atoms with E-state index >= 15 is 0 Å². The molecular formula is C107H162N20O4. The van der Waals surface area contributed by atoms with Crippen LogP contribution in [0.3, 0.4) is 0 Å². The van der Waals surface area contributed by atoms with Gasteiger partial charge in [-0.2, -0.15) is 5.10 Å². The number of anilines is 3. The van der Waals surface area contributed by atoms with Gasteiger partial charge in [0.15, 0.2) is 0 Å². The van der Waals surface area contributed by atoms with E-state index in [0.717, 1.165) is 197 Å². The summed E-state index contributed by atoms with van der Waals surface area (Å²) in [7, 11) is 6.08. The number of aromatic nitrogens is 10. The highest BCUT2D eigenvalue weighted by Crippen LogP contribution is 2.39. The molecule has 0 spiro atoms. The lowest BCUT2D eigenvalue weighted by atomic mass is 9.96. The molecule has 0 bridgehead atoms. The zero-order chi connectivity index (χ0) is 94.4. The maximum absolute atomic E-state index is 12.2. The fourth-order valence-corrected chi connectivity index (χ4v) is 16.5. The van der Waals surface area contributed by atoms with E-state index in [-0.39, 0.29) is 17.5 Å². The minimum atomic E-state index is -0.120. The third kappa shape index (κ3) is 32.1. The number of nitrogens with zero attached hydrogens (tertiary/aromatic N) is 19. The highest BCUT2D eigenvalue weighted by Gasteiger charge is 2.40. The number of H-pyrrole nitrogens is 1. The number of ether oxygens (including phenoxy) is 3. The van der Waals surface area contributed by atoms with Gasteiger partial charge in [-0.15, -0.1) is 0 Å². The summed E-state index contributed by atoms with van der Waals surface area (Å²) in [6.07, 6.45) is 23.3. The van der Waals surface area contributed by atoms with E-state index in [4.69, 9.17) is 19.2 Å². The van der Waals surface area contributed by atoms with Crippen molar-refractivity contribution in [3.8, 4) is 0 Å². The lowest BCUT2D eigenvalue weighted by molar-refractivity contribution is -0.139. The van der Waals surface area contributed by atoms with E-state index in [1.54, 1.807) is 36.7 Å². The van der Waals surface area contributed by atoms with Crippen LogP contribution in [0.2, 0.25) is 0 Å². The fraction of sp³-hybridized carbons (Fsp3) is 0.598. The zero-order valence-corrected chi connectivity index (χ0v) is 84.3. The largest absolute Gasteiger partial charge is 0.378 e. The van der Waals surface area contributed by atoms with Crippen LogP contribution in [0.15, 0.2) is 163 Å². The van der Waals surface area contributed by atoms with Crippen molar-refractivity contribution in [1.82, 2.24) is 79.5 Å². The van der Waals surface area contributed by atoms with Crippen LogP contribution in [0.5, 0.6) is 0 Å². The lowest BCUT2D eigenvalue weighted by Crippen LogP contribution is -2.64. The topological polar surface area (TPSA) is 218 Å². The number of carbonyl (C=O) groups excluding carboxylic acids is 1. The Morgan fingerprint density at radius 3 is 1.50 bits per heavy atom. The highest BCUT2D eigenvalue weighted by atomic mass is 16.5. The van der Waals surface area contributed by atoms with Gasteiger partial charge in [0.2, 0.25) is 5.91 Å². The number of aliphatic imine (C=N–C) groups is 1. The Morgan fingerprint density at radius 2 is 1.05 bits per heavy atom. The monoisotopic (exact) mass is 1790 g/mol. The van der Waals surface area contributed by atoms with Crippen molar-refractivity contribution in [3.05, 3.63) is 221 Å².